The molecule has 11 rings (SSSR count). The Labute approximate surface area is 335 Å². The molecule has 9 aromatic rings. The van der Waals surface area contributed by atoms with Crippen molar-refractivity contribution in [2.45, 2.75) is 38.5 Å². The van der Waals surface area contributed by atoms with Gasteiger partial charge in [-0.15, -0.1) is 0 Å². The lowest BCUT2D eigenvalue weighted by Gasteiger charge is -2.28. The predicted octanol–water partition coefficient (Wildman–Crippen LogP) is 15.4. The Bertz CT molecular complexity index is 3050. The Morgan fingerprint density at radius 2 is 0.754 bits per heavy atom. The van der Waals surface area contributed by atoms with Crippen LogP contribution in [0.25, 0.3) is 66.1 Å². The molecule has 0 bridgehead atoms. The van der Waals surface area contributed by atoms with Crippen molar-refractivity contribution in [3.8, 4) is 44.5 Å². The number of benzene rings is 9. The molecule has 1 nitrogen and oxygen atoms in total. The Morgan fingerprint density at radius 3 is 1.40 bits per heavy atom. The average Bonchev–Trinajstić information content (AvgIpc) is 3.63. The topological polar surface area (TPSA) is 3.24 Å². The maximum Gasteiger partial charge on any atom is 0.0465 e. The fourth-order valence-electron chi connectivity index (χ4n) is 10.0. The molecule has 0 spiro atoms. The highest BCUT2D eigenvalue weighted by Crippen LogP contribution is 2.52. The molecule has 2 aliphatic rings. The van der Waals surface area contributed by atoms with E-state index in [-0.39, 0.29) is 10.8 Å². The zero-order valence-electron chi connectivity index (χ0n) is 32.8. The lowest BCUT2D eigenvalue weighted by Crippen LogP contribution is -2.16. The molecule has 0 fully saturated rings. The zero-order chi connectivity index (χ0) is 38.5. The van der Waals surface area contributed by atoms with Crippen LogP contribution in [-0.4, -0.2) is 0 Å². The third-order valence-corrected chi connectivity index (χ3v) is 13.1. The SMILES string of the molecule is CC1(C)c2ccccc2-c2ccc(-c3ccc(N(c4ccc(-c5cc6ccccc6c6ccccc56)cc4)c4ccc5c(c4)C(C)(C)c4ccccc4-5)cc3)cc21. The third-order valence-electron chi connectivity index (χ3n) is 13.1. The summed E-state index contributed by atoms with van der Waals surface area (Å²) in [6, 6.07) is 70.1. The van der Waals surface area contributed by atoms with Crippen LogP contribution >= 0.6 is 0 Å². The van der Waals surface area contributed by atoms with E-state index in [0.717, 1.165) is 17.1 Å². The molecular weight excluding hydrogens is 687 g/mol. The van der Waals surface area contributed by atoms with Crippen molar-refractivity contribution in [2.24, 2.45) is 0 Å². The molecule has 0 saturated heterocycles. The second kappa shape index (κ2) is 12.4. The Kier molecular flexibility index (Phi) is 7.32. The van der Waals surface area contributed by atoms with Crippen LogP contribution in [0.3, 0.4) is 0 Å². The number of hydrogen-bond donors (Lipinski definition) is 0. The molecule has 0 heterocycles. The molecule has 0 unspecified atom stereocenters. The quantitative estimate of drug-likeness (QED) is 0.159. The molecule has 0 N–H and O–H groups in total. The van der Waals surface area contributed by atoms with Gasteiger partial charge in [0.15, 0.2) is 0 Å². The van der Waals surface area contributed by atoms with Crippen molar-refractivity contribution in [2.75, 3.05) is 4.90 Å². The minimum atomic E-state index is -0.0978. The van der Waals surface area contributed by atoms with Crippen LogP contribution in [0.2, 0.25) is 0 Å². The van der Waals surface area contributed by atoms with E-state index in [1.807, 2.05) is 0 Å². The van der Waals surface area contributed by atoms with E-state index in [1.54, 1.807) is 0 Å². The van der Waals surface area contributed by atoms with E-state index in [0.29, 0.717) is 0 Å². The molecule has 57 heavy (non-hydrogen) atoms. The second-order valence-electron chi connectivity index (χ2n) is 17.0. The van der Waals surface area contributed by atoms with Gasteiger partial charge in [0.05, 0.1) is 0 Å². The molecule has 0 amide bonds. The monoisotopic (exact) mass is 729 g/mol. The van der Waals surface area contributed by atoms with Gasteiger partial charge in [0.2, 0.25) is 0 Å². The fraction of sp³-hybridized carbons (Fsp3) is 0.107. The minimum absolute atomic E-state index is 0.0367. The summed E-state index contributed by atoms with van der Waals surface area (Å²) in [6.07, 6.45) is 0. The van der Waals surface area contributed by atoms with Crippen molar-refractivity contribution < 1.29 is 0 Å². The van der Waals surface area contributed by atoms with Gasteiger partial charge in [0.25, 0.3) is 0 Å². The maximum absolute atomic E-state index is 2.42. The number of hydrogen-bond acceptors (Lipinski definition) is 1. The van der Waals surface area contributed by atoms with Gasteiger partial charge >= 0.3 is 0 Å². The van der Waals surface area contributed by atoms with Gasteiger partial charge in [0.1, 0.15) is 0 Å². The molecule has 0 aliphatic heterocycles. The van der Waals surface area contributed by atoms with Crippen LogP contribution in [0.1, 0.15) is 49.9 Å². The van der Waals surface area contributed by atoms with Crippen LogP contribution in [-0.2, 0) is 10.8 Å². The van der Waals surface area contributed by atoms with Crippen LogP contribution in [0.15, 0.2) is 188 Å². The largest absolute Gasteiger partial charge is 0.310 e. The van der Waals surface area contributed by atoms with E-state index in [1.165, 1.54) is 88.3 Å². The number of fused-ring (bicyclic) bond motifs is 9. The summed E-state index contributed by atoms with van der Waals surface area (Å²) in [7, 11) is 0. The smallest absolute Gasteiger partial charge is 0.0465 e. The van der Waals surface area contributed by atoms with Crippen molar-refractivity contribution in [1.29, 1.82) is 0 Å². The van der Waals surface area contributed by atoms with Gasteiger partial charge < -0.3 is 4.90 Å². The first-order valence-electron chi connectivity index (χ1n) is 20.2. The fourth-order valence-corrected chi connectivity index (χ4v) is 10.0. The summed E-state index contributed by atoms with van der Waals surface area (Å²) < 4.78 is 0. The molecule has 272 valence electrons. The third kappa shape index (κ3) is 5.08. The Hall–Kier alpha value is -6.70. The highest BCUT2D eigenvalue weighted by Gasteiger charge is 2.37. The Balaban J connectivity index is 1.02. The Morgan fingerprint density at radius 1 is 0.298 bits per heavy atom. The highest BCUT2D eigenvalue weighted by atomic mass is 15.1. The standard InChI is InChI=1S/C56H43N/c1-55(2)51-19-11-9-17-46(51)48-31-25-38(34-53(48)55)36-21-26-40(27-22-36)57(42-30-32-49-47-18-10-12-20-52(47)56(3,4)54(49)35-42)41-28-23-37(24-29-41)50-33-39-13-5-6-14-43(39)44-15-7-8-16-45(44)50/h5-35H,1-4H3. The van der Waals surface area contributed by atoms with E-state index in [4.69, 9.17) is 0 Å². The summed E-state index contributed by atoms with van der Waals surface area (Å²) in [6.45, 7) is 9.43. The lowest BCUT2D eigenvalue weighted by atomic mass is 9.81. The van der Waals surface area contributed by atoms with Crippen LogP contribution in [0.5, 0.6) is 0 Å². The first-order chi connectivity index (χ1) is 27.8. The summed E-state index contributed by atoms with van der Waals surface area (Å²) in [5.41, 5.74) is 19.1. The first-order valence-corrected chi connectivity index (χ1v) is 20.2. The summed E-state index contributed by atoms with van der Waals surface area (Å²) in [5.74, 6) is 0. The van der Waals surface area contributed by atoms with Crippen LogP contribution in [0.4, 0.5) is 17.1 Å². The summed E-state index contributed by atoms with van der Waals surface area (Å²) >= 11 is 0. The maximum atomic E-state index is 2.42. The number of nitrogens with zero attached hydrogens (tertiary/aromatic N) is 1. The van der Waals surface area contributed by atoms with Gasteiger partial charge in [-0.05, 0) is 137 Å². The summed E-state index contributed by atoms with van der Waals surface area (Å²) in [4.78, 5) is 2.42. The predicted molar refractivity (Wildman–Crippen MR) is 242 cm³/mol. The van der Waals surface area contributed by atoms with Crippen molar-refractivity contribution in [3.05, 3.63) is 210 Å². The van der Waals surface area contributed by atoms with E-state index < -0.39 is 0 Å². The second-order valence-corrected chi connectivity index (χ2v) is 17.0. The van der Waals surface area contributed by atoms with Gasteiger partial charge in [-0.25, -0.2) is 0 Å². The van der Waals surface area contributed by atoms with Gasteiger partial charge in [-0.2, -0.15) is 0 Å². The van der Waals surface area contributed by atoms with Crippen molar-refractivity contribution in [1.82, 2.24) is 0 Å². The van der Waals surface area contributed by atoms with E-state index in [2.05, 4.69) is 221 Å². The van der Waals surface area contributed by atoms with Crippen LogP contribution in [0, 0.1) is 0 Å². The summed E-state index contributed by atoms with van der Waals surface area (Å²) in [5, 5.41) is 5.11. The van der Waals surface area contributed by atoms with E-state index >= 15 is 0 Å². The molecular formula is C56H43N. The van der Waals surface area contributed by atoms with Crippen molar-refractivity contribution >= 4 is 38.6 Å². The van der Waals surface area contributed by atoms with Gasteiger partial charge in [-0.3, -0.25) is 0 Å². The number of rotatable bonds is 5. The molecule has 0 radical (unpaired) electrons. The highest BCUT2D eigenvalue weighted by molar-refractivity contribution is 6.13. The number of anilines is 3. The molecule has 0 atom stereocenters. The van der Waals surface area contributed by atoms with Gasteiger partial charge in [-0.1, -0.05) is 167 Å². The molecule has 9 aromatic carbocycles. The molecule has 0 aromatic heterocycles. The normalized spacial score (nSPS) is 14.2. The molecule has 1 heteroatoms. The molecule has 2 aliphatic carbocycles. The van der Waals surface area contributed by atoms with Crippen molar-refractivity contribution in [3.63, 3.8) is 0 Å². The zero-order valence-corrected chi connectivity index (χ0v) is 32.8. The minimum Gasteiger partial charge on any atom is -0.310 e. The average molecular weight is 730 g/mol. The first kappa shape index (κ1) is 33.6. The molecule has 0 saturated carbocycles. The van der Waals surface area contributed by atoms with E-state index in [9.17, 15) is 0 Å². The van der Waals surface area contributed by atoms with Gasteiger partial charge in [0, 0.05) is 27.9 Å². The van der Waals surface area contributed by atoms with Crippen LogP contribution < -0.4 is 4.90 Å². The lowest BCUT2D eigenvalue weighted by molar-refractivity contribution is 0.660.